The molecule has 2 N–H and O–H groups in total. The van der Waals surface area contributed by atoms with Gasteiger partial charge in [-0.3, -0.25) is 14.9 Å². The van der Waals surface area contributed by atoms with Crippen LogP contribution in [0.25, 0.3) is 0 Å². The van der Waals surface area contributed by atoms with Gasteiger partial charge in [0.2, 0.25) is 0 Å². The molecule has 9 nitrogen and oxygen atoms in total. The molecule has 2 aliphatic rings. The van der Waals surface area contributed by atoms with E-state index in [1.54, 1.807) is 0 Å². The van der Waals surface area contributed by atoms with Gasteiger partial charge in [-0.25, -0.2) is 9.59 Å². The minimum Gasteiger partial charge on any atom is -0.475 e. The number of ether oxygens (including phenoxy) is 2. The van der Waals surface area contributed by atoms with E-state index < -0.39 is 24.3 Å². The molecule has 2 aromatic heterocycles. The molecule has 0 bridgehead atoms. The Kier molecular flexibility index (Phi) is 11.4. The van der Waals surface area contributed by atoms with Crippen molar-refractivity contribution in [2.24, 2.45) is 0 Å². The number of aliphatic carboxylic acids is 2. The number of carboxylic acid groups (broad SMARTS) is 2. The number of carboxylic acids is 2. The fraction of sp³-hybridized carbons (Fsp3) is 0.478. The van der Waals surface area contributed by atoms with E-state index in [9.17, 15) is 26.3 Å². The van der Waals surface area contributed by atoms with Gasteiger partial charge < -0.3 is 19.7 Å². The van der Waals surface area contributed by atoms with E-state index in [1.165, 1.54) is 0 Å². The molecule has 1 aliphatic heterocycles. The highest BCUT2D eigenvalue weighted by Gasteiger charge is 2.43. The first-order valence-corrected chi connectivity index (χ1v) is 11.1. The average Bonchev–Trinajstić information content (AvgIpc) is 3.28. The molecular formula is C23H25F6N3O6. The van der Waals surface area contributed by atoms with Gasteiger partial charge in [0.05, 0.1) is 31.1 Å². The maximum absolute atomic E-state index is 10.6. The molecule has 3 atom stereocenters. The fourth-order valence-electron chi connectivity index (χ4n) is 3.75. The number of halogens is 6. The van der Waals surface area contributed by atoms with E-state index >= 15 is 0 Å². The normalized spacial score (nSPS) is 21.3. The smallest absolute Gasteiger partial charge is 0.475 e. The molecule has 1 aliphatic carbocycles. The molecule has 15 heteroatoms. The van der Waals surface area contributed by atoms with Gasteiger partial charge in [0.25, 0.3) is 0 Å². The number of nitrogens with zero attached hydrogens (tertiary/aromatic N) is 3. The van der Waals surface area contributed by atoms with E-state index in [-0.39, 0.29) is 12.2 Å². The summed E-state index contributed by atoms with van der Waals surface area (Å²) in [5.41, 5.74) is 2.29. The van der Waals surface area contributed by atoms with Crippen molar-refractivity contribution in [3.63, 3.8) is 0 Å². The molecule has 2 aromatic rings. The first-order chi connectivity index (χ1) is 17.8. The Hall–Kier alpha value is -3.30. The van der Waals surface area contributed by atoms with E-state index in [2.05, 4.69) is 27.0 Å². The van der Waals surface area contributed by atoms with Crippen LogP contribution in [0.1, 0.15) is 24.1 Å². The Bertz CT molecular complexity index is 986. The molecule has 2 fully saturated rings. The minimum atomic E-state index is -5.08. The summed E-state index contributed by atoms with van der Waals surface area (Å²) in [6.07, 6.45) is -2.16. The van der Waals surface area contributed by atoms with Crippen molar-refractivity contribution in [1.29, 1.82) is 0 Å². The third kappa shape index (κ3) is 10.2. The van der Waals surface area contributed by atoms with E-state index in [1.807, 2.05) is 36.8 Å². The zero-order valence-corrected chi connectivity index (χ0v) is 19.7. The Morgan fingerprint density at radius 2 is 1.58 bits per heavy atom. The van der Waals surface area contributed by atoms with E-state index in [0.717, 1.165) is 43.8 Å². The van der Waals surface area contributed by atoms with Crippen molar-refractivity contribution in [2.45, 2.75) is 56.6 Å². The molecule has 1 saturated carbocycles. The predicted molar refractivity (Wildman–Crippen MR) is 118 cm³/mol. The third-order valence-electron chi connectivity index (χ3n) is 5.44. The van der Waals surface area contributed by atoms with Crippen LogP contribution in [0, 0.1) is 0 Å². The summed E-state index contributed by atoms with van der Waals surface area (Å²) < 4.78 is 75.7. The van der Waals surface area contributed by atoms with Crippen LogP contribution in [-0.4, -0.2) is 80.8 Å². The molecular weight excluding hydrogens is 528 g/mol. The largest absolute Gasteiger partial charge is 0.490 e. The highest BCUT2D eigenvalue weighted by molar-refractivity contribution is 5.73. The van der Waals surface area contributed by atoms with Crippen molar-refractivity contribution < 1.29 is 55.6 Å². The molecule has 0 radical (unpaired) electrons. The number of pyridine rings is 2. The number of aromatic nitrogens is 2. The molecule has 0 spiro atoms. The van der Waals surface area contributed by atoms with Gasteiger partial charge in [-0.2, -0.15) is 26.3 Å². The van der Waals surface area contributed by atoms with Gasteiger partial charge in [0.15, 0.2) is 0 Å². The first kappa shape index (κ1) is 30.9. The van der Waals surface area contributed by atoms with Crippen LogP contribution in [0.4, 0.5) is 26.3 Å². The van der Waals surface area contributed by atoms with Crippen LogP contribution in [0.3, 0.4) is 0 Å². The van der Waals surface area contributed by atoms with E-state index in [0.29, 0.717) is 12.6 Å². The number of carbonyl (C=O) groups is 2. The highest BCUT2D eigenvalue weighted by atomic mass is 19.4. The number of alkyl halides is 6. The Balaban J connectivity index is 0.000000301. The lowest BCUT2D eigenvalue weighted by atomic mass is 10.1. The molecule has 3 heterocycles. The van der Waals surface area contributed by atoms with Crippen LogP contribution in [0.15, 0.2) is 48.9 Å². The van der Waals surface area contributed by atoms with Gasteiger partial charge in [-0.15, -0.1) is 0 Å². The molecule has 1 saturated heterocycles. The van der Waals surface area contributed by atoms with Crippen LogP contribution >= 0.6 is 0 Å². The lowest BCUT2D eigenvalue weighted by Gasteiger charge is -2.38. The van der Waals surface area contributed by atoms with Crippen LogP contribution in [-0.2, 0) is 32.2 Å². The van der Waals surface area contributed by atoms with E-state index in [4.69, 9.17) is 29.3 Å². The van der Waals surface area contributed by atoms with Crippen molar-refractivity contribution in [3.8, 4) is 0 Å². The monoisotopic (exact) mass is 553 g/mol. The topological polar surface area (TPSA) is 122 Å². The SMILES string of the molecule is O=C(O)C(F)(F)F.O=C(O)C(F)(F)F.c1ccc(CN2CCO[C@H]3[C@H](OCc4ccncc4)CC[C@@H]32)nc1. The summed E-state index contributed by atoms with van der Waals surface area (Å²) >= 11 is 0. The zero-order chi connectivity index (χ0) is 28.3. The van der Waals surface area contributed by atoms with Crippen molar-refractivity contribution in [3.05, 3.63) is 60.2 Å². The van der Waals surface area contributed by atoms with Crippen molar-refractivity contribution >= 4 is 11.9 Å². The van der Waals surface area contributed by atoms with Crippen LogP contribution in [0.5, 0.6) is 0 Å². The zero-order valence-electron chi connectivity index (χ0n) is 19.7. The molecule has 38 heavy (non-hydrogen) atoms. The highest BCUT2D eigenvalue weighted by Crippen LogP contribution is 2.33. The lowest BCUT2D eigenvalue weighted by molar-refractivity contribution is -0.193. The second kappa shape index (κ2) is 14.0. The van der Waals surface area contributed by atoms with Crippen LogP contribution in [0.2, 0.25) is 0 Å². The lowest BCUT2D eigenvalue weighted by Crippen LogP contribution is -2.51. The second-order valence-corrected chi connectivity index (χ2v) is 8.08. The fourth-order valence-corrected chi connectivity index (χ4v) is 3.75. The number of hydrogen-bond acceptors (Lipinski definition) is 7. The Morgan fingerprint density at radius 1 is 0.974 bits per heavy atom. The summed E-state index contributed by atoms with van der Waals surface area (Å²) in [6.45, 7) is 3.25. The van der Waals surface area contributed by atoms with Gasteiger partial charge >= 0.3 is 24.3 Å². The first-order valence-electron chi connectivity index (χ1n) is 11.1. The number of hydrogen-bond donors (Lipinski definition) is 2. The predicted octanol–water partition coefficient (Wildman–Crippen LogP) is 3.69. The summed E-state index contributed by atoms with van der Waals surface area (Å²) in [4.78, 5) is 28.8. The number of rotatable bonds is 5. The average molecular weight is 553 g/mol. The van der Waals surface area contributed by atoms with Crippen LogP contribution < -0.4 is 0 Å². The Morgan fingerprint density at radius 3 is 2.11 bits per heavy atom. The minimum absolute atomic E-state index is 0.171. The quantitative estimate of drug-likeness (QED) is 0.534. The molecule has 0 aromatic carbocycles. The summed E-state index contributed by atoms with van der Waals surface area (Å²) in [5.74, 6) is -5.51. The summed E-state index contributed by atoms with van der Waals surface area (Å²) in [6, 6.07) is 10.5. The van der Waals surface area contributed by atoms with Gasteiger partial charge in [0.1, 0.15) is 0 Å². The molecule has 210 valence electrons. The summed E-state index contributed by atoms with van der Waals surface area (Å²) in [7, 11) is 0. The van der Waals surface area contributed by atoms with Gasteiger partial charge in [-0.05, 0) is 42.7 Å². The second-order valence-electron chi connectivity index (χ2n) is 8.08. The third-order valence-corrected chi connectivity index (χ3v) is 5.44. The van der Waals surface area contributed by atoms with Gasteiger partial charge in [-0.1, -0.05) is 6.07 Å². The number of morpholine rings is 1. The Labute approximate surface area is 213 Å². The molecule has 4 rings (SSSR count). The van der Waals surface area contributed by atoms with Crippen molar-refractivity contribution in [2.75, 3.05) is 13.2 Å². The molecule has 0 unspecified atom stereocenters. The maximum atomic E-state index is 10.6. The van der Waals surface area contributed by atoms with Gasteiger partial charge in [0, 0.05) is 37.7 Å². The summed E-state index contributed by atoms with van der Waals surface area (Å²) in [5, 5.41) is 14.2. The standard InChI is InChI=1S/C19H23N3O2.2C2HF3O2/c1-2-8-21-16(3-1)13-22-11-12-23-19-17(22)4-5-18(19)24-14-15-6-9-20-10-7-15;2*3-2(4,5)1(6)7/h1-3,6-10,17-19H,4-5,11-14H2;2*(H,6,7)/t17-,18+,19+;;/m0../s1. The molecule has 0 amide bonds. The number of fused-ring (bicyclic) bond motifs is 1. The maximum Gasteiger partial charge on any atom is 0.490 e. The van der Waals surface area contributed by atoms with Crippen molar-refractivity contribution in [1.82, 2.24) is 14.9 Å².